The van der Waals surface area contributed by atoms with Gasteiger partial charge in [-0.15, -0.1) is 0 Å². The molecule has 10 heteroatoms. The van der Waals surface area contributed by atoms with Crippen molar-refractivity contribution < 1.29 is 28.8 Å². The summed E-state index contributed by atoms with van der Waals surface area (Å²) in [6, 6.07) is 9.79. The molecule has 0 aliphatic heterocycles. The highest BCUT2D eigenvalue weighted by atomic mass is 16.6. The maximum Gasteiger partial charge on any atom is 0.338 e. The number of nitrogens with zero attached hydrogens (tertiary/aromatic N) is 1. The quantitative estimate of drug-likeness (QED) is 0.391. The first-order chi connectivity index (χ1) is 13.8. The molecule has 29 heavy (non-hydrogen) atoms. The Kier molecular flexibility index (Phi) is 7.24. The summed E-state index contributed by atoms with van der Waals surface area (Å²) in [6.07, 6.45) is 0. The summed E-state index contributed by atoms with van der Waals surface area (Å²) >= 11 is 0. The number of nitro groups is 1. The van der Waals surface area contributed by atoms with Crippen molar-refractivity contribution in [3.63, 3.8) is 0 Å². The lowest BCUT2D eigenvalue weighted by Gasteiger charge is -2.08. The average molecular weight is 401 g/mol. The third kappa shape index (κ3) is 5.76. The predicted molar refractivity (Wildman–Crippen MR) is 104 cm³/mol. The predicted octanol–water partition coefficient (Wildman–Crippen LogP) is 2.61. The fourth-order valence-electron chi connectivity index (χ4n) is 2.34. The molecule has 0 saturated carbocycles. The zero-order chi connectivity index (χ0) is 21.4. The van der Waals surface area contributed by atoms with Crippen molar-refractivity contribution in [3.05, 3.63) is 63.7 Å². The van der Waals surface area contributed by atoms with Gasteiger partial charge in [-0.2, -0.15) is 0 Å². The number of esters is 2. The SMILES string of the molecule is CCOC(=O)c1ccc(NC(=O)COC(=O)c2ccc(NC)c([N+](=O)[O-])c2)cc1. The first-order valence-electron chi connectivity index (χ1n) is 8.56. The van der Waals surface area contributed by atoms with Crippen LogP contribution in [-0.2, 0) is 14.3 Å². The van der Waals surface area contributed by atoms with Crippen LogP contribution in [0.4, 0.5) is 17.1 Å². The number of rotatable bonds is 8. The highest BCUT2D eigenvalue weighted by Crippen LogP contribution is 2.25. The normalized spacial score (nSPS) is 10.0. The molecule has 0 unspecified atom stereocenters. The summed E-state index contributed by atoms with van der Waals surface area (Å²) in [7, 11) is 1.52. The van der Waals surface area contributed by atoms with Gasteiger partial charge in [0.25, 0.3) is 11.6 Å². The van der Waals surface area contributed by atoms with Crippen LogP contribution in [0.5, 0.6) is 0 Å². The number of carbonyl (C=O) groups is 3. The fourth-order valence-corrected chi connectivity index (χ4v) is 2.34. The van der Waals surface area contributed by atoms with Gasteiger partial charge in [-0.25, -0.2) is 9.59 Å². The van der Waals surface area contributed by atoms with E-state index in [1.165, 1.54) is 43.4 Å². The molecule has 0 aromatic heterocycles. The molecule has 2 rings (SSSR count). The second-order valence-electron chi connectivity index (χ2n) is 5.66. The molecule has 0 radical (unpaired) electrons. The van der Waals surface area contributed by atoms with Gasteiger partial charge < -0.3 is 20.1 Å². The second kappa shape index (κ2) is 9.83. The smallest absolute Gasteiger partial charge is 0.338 e. The van der Waals surface area contributed by atoms with Crippen LogP contribution in [0.3, 0.4) is 0 Å². The summed E-state index contributed by atoms with van der Waals surface area (Å²) < 4.78 is 9.76. The number of anilines is 2. The van der Waals surface area contributed by atoms with Crippen molar-refractivity contribution in [1.29, 1.82) is 0 Å². The van der Waals surface area contributed by atoms with E-state index in [9.17, 15) is 24.5 Å². The molecule has 0 saturated heterocycles. The number of nitro benzene ring substituents is 1. The van der Waals surface area contributed by atoms with E-state index >= 15 is 0 Å². The summed E-state index contributed by atoms with van der Waals surface area (Å²) in [5.41, 5.74) is 0.641. The third-order valence-corrected chi connectivity index (χ3v) is 3.71. The molecule has 2 N–H and O–H groups in total. The number of benzene rings is 2. The maximum absolute atomic E-state index is 12.1. The van der Waals surface area contributed by atoms with Gasteiger partial charge in [0.2, 0.25) is 0 Å². The largest absolute Gasteiger partial charge is 0.462 e. The number of hydrogen-bond acceptors (Lipinski definition) is 8. The van der Waals surface area contributed by atoms with E-state index in [1.54, 1.807) is 6.92 Å². The Morgan fingerprint density at radius 2 is 1.62 bits per heavy atom. The summed E-state index contributed by atoms with van der Waals surface area (Å²) in [6.45, 7) is 1.37. The number of ether oxygens (including phenoxy) is 2. The van der Waals surface area contributed by atoms with Crippen LogP contribution in [0.1, 0.15) is 27.6 Å². The molecule has 2 aromatic rings. The van der Waals surface area contributed by atoms with Gasteiger partial charge in [-0.3, -0.25) is 14.9 Å². The highest BCUT2D eigenvalue weighted by molar-refractivity contribution is 5.96. The van der Waals surface area contributed by atoms with Gasteiger partial charge in [0.05, 0.1) is 22.7 Å². The molecule has 0 aliphatic rings. The van der Waals surface area contributed by atoms with Gasteiger partial charge in [0, 0.05) is 18.8 Å². The minimum atomic E-state index is -0.872. The molecule has 0 atom stereocenters. The van der Waals surface area contributed by atoms with Crippen LogP contribution in [0.2, 0.25) is 0 Å². The topological polar surface area (TPSA) is 137 Å². The Morgan fingerprint density at radius 3 is 2.21 bits per heavy atom. The van der Waals surface area contributed by atoms with Crippen LogP contribution in [-0.4, -0.2) is 43.0 Å². The Hall–Kier alpha value is -3.95. The van der Waals surface area contributed by atoms with Crippen LogP contribution < -0.4 is 10.6 Å². The van der Waals surface area contributed by atoms with Crippen molar-refractivity contribution in [2.45, 2.75) is 6.92 Å². The second-order valence-corrected chi connectivity index (χ2v) is 5.66. The van der Waals surface area contributed by atoms with Crippen LogP contribution >= 0.6 is 0 Å². The summed E-state index contributed by atoms with van der Waals surface area (Å²) in [5, 5.41) is 16.2. The zero-order valence-corrected chi connectivity index (χ0v) is 15.8. The zero-order valence-electron chi connectivity index (χ0n) is 15.8. The van der Waals surface area contributed by atoms with Crippen molar-refractivity contribution >= 4 is 34.9 Å². The van der Waals surface area contributed by atoms with Crippen LogP contribution in [0.15, 0.2) is 42.5 Å². The molecular weight excluding hydrogens is 382 g/mol. The fraction of sp³-hybridized carbons (Fsp3) is 0.211. The molecule has 0 heterocycles. The van der Waals surface area contributed by atoms with Gasteiger partial charge in [-0.1, -0.05) is 0 Å². The summed E-state index contributed by atoms with van der Waals surface area (Å²) in [4.78, 5) is 46.0. The average Bonchev–Trinajstić information content (AvgIpc) is 2.72. The van der Waals surface area contributed by atoms with Gasteiger partial charge in [-0.05, 0) is 43.3 Å². The van der Waals surface area contributed by atoms with E-state index in [0.29, 0.717) is 11.3 Å². The molecular formula is C19H19N3O7. The molecule has 0 fully saturated rings. The monoisotopic (exact) mass is 401 g/mol. The lowest BCUT2D eigenvalue weighted by Crippen LogP contribution is -2.21. The number of hydrogen-bond donors (Lipinski definition) is 2. The molecule has 10 nitrogen and oxygen atoms in total. The van der Waals surface area contributed by atoms with Crippen molar-refractivity contribution in [1.82, 2.24) is 0 Å². The Balaban J connectivity index is 1.93. The Labute approximate surface area is 166 Å². The molecule has 1 amide bonds. The lowest BCUT2D eigenvalue weighted by atomic mass is 10.1. The molecule has 152 valence electrons. The molecule has 0 bridgehead atoms. The van der Waals surface area contributed by atoms with Crippen molar-refractivity contribution in [2.75, 3.05) is 30.9 Å². The standard InChI is InChI=1S/C19H19N3O7/c1-3-28-18(24)12-4-7-14(8-5-12)21-17(23)11-29-19(25)13-6-9-15(20-2)16(10-13)22(26)27/h4-10,20H,3,11H2,1-2H3,(H,21,23). The van der Waals surface area contributed by atoms with Crippen molar-refractivity contribution in [3.8, 4) is 0 Å². The minimum absolute atomic E-state index is 0.0534. The van der Waals surface area contributed by atoms with E-state index in [1.807, 2.05) is 0 Å². The first-order valence-corrected chi connectivity index (χ1v) is 8.56. The highest BCUT2D eigenvalue weighted by Gasteiger charge is 2.18. The Morgan fingerprint density at radius 1 is 1.00 bits per heavy atom. The van der Waals surface area contributed by atoms with E-state index in [-0.39, 0.29) is 23.5 Å². The molecule has 0 spiro atoms. The van der Waals surface area contributed by atoms with Gasteiger partial charge in [0.1, 0.15) is 5.69 Å². The van der Waals surface area contributed by atoms with Gasteiger partial charge >= 0.3 is 11.9 Å². The molecule has 2 aromatic carbocycles. The number of amides is 1. The summed E-state index contributed by atoms with van der Waals surface area (Å²) in [5.74, 6) is -1.95. The lowest BCUT2D eigenvalue weighted by molar-refractivity contribution is -0.384. The molecule has 0 aliphatic carbocycles. The third-order valence-electron chi connectivity index (χ3n) is 3.71. The maximum atomic E-state index is 12.1. The van der Waals surface area contributed by atoms with Crippen molar-refractivity contribution in [2.24, 2.45) is 0 Å². The van der Waals surface area contributed by atoms with E-state index in [0.717, 1.165) is 6.07 Å². The van der Waals surface area contributed by atoms with Crippen LogP contribution in [0, 0.1) is 10.1 Å². The van der Waals surface area contributed by atoms with E-state index in [4.69, 9.17) is 9.47 Å². The van der Waals surface area contributed by atoms with E-state index < -0.39 is 29.4 Å². The van der Waals surface area contributed by atoms with Crippen LogP contribution in [0.25, 0.3) is 0 Å². The first kappa shape index (κ1) is 21.4. The Bertz CT molecular complexity index is 926. The minimum Gasteiger partial charge on any atom is -0.462 e. The number of carbonyl (C=O) groups excluding carboxylic acids is 3. The number of nitrogens with one attached hydrogen (secondary N) is 2. The van der Waals surface area contributed by atoms with E-state index in [2.05, 4.69) is 10.6 Å². The van der Waals surface area contributed by atoms with Gasteiger partial charge in [0.15, 0.2) is 6.61 Å².